The molecule has 2 aromatic carbocycles. The molecule has 3 rings (SSSR count). The highest BCUT2D eigenvalue weighted by Gasteiger charge is 2.16. The summed E-state index contributed by atoms with van der Waals surface area (Å²) >= 11 is 12.4. The lowest BCUT2D eigenvalue weighted by atomic mass is 10.2. The highest BCUT2D eigenvalue weighted by Crippen LogP contribution is 2.37. The first kappa shape index (κ1) is 19.3. The largest absolute Gasteiger partial charge is 0.493 e. The molecule has 6 heteroatoms. The van der Waals surface area contributed by atoms with Crippen LogP contribution in [0.2, 0.25) is 10.0 Å². The molecule has 4 nitrogen and oxygen atoms in total. The van der Waals surface area contributed by atoms with Gasteiger partial charge in [0, 0.05) is 24.7 Å². The summed E-state index contributed by atoms with van der Waals surface area (Å²) in [6, 6.07) is 11.4. The molecule has 0 spiro atoms. The van der Waals surface area contributed by atoms with E-state index in [-0.39, 0.29) is 0 Å². The predicted octanol–water partition coefficient (Wildman–Crippen LogP) is 4.85. The first-order valence-electron chi connectivity index (χ1n) is 8.71. The molecule has 2 aromatic rings. The summed E-state index contributed by atoms with van der Waals surface area (Å²) in [7, 11) is 1.61. The van der Waals surface area contributed by atoms with E-state index in [1.807, 2.05) is 36.4 Å². The maximum Gasteiger partial charge on any atom is 0.180 e. The van der Waals surface area contributed by atoms with Gasteiger partial charge in [-0.2, -0.15) is 0 Å². The van der Waals surface area contributed by atoms with Gasteiger partial charge in [0.05, 0.1) is 18.2 Å². The molecule has 0 aliphatic carbocycles. The van der Waals surface area contributed by atoms with Crippen LogP contribution in [0.15, 0.2) is 36.4 Å². The fraction of sp³-hybridized carbons (Fsp3) is 0.400. The number of halogens is 2. The molecule has 1 heterocycles. The molecule has 0 radical (unpaired) electrons. The van der Waals surface area contributed by atoms with Crippen LogP contribution >= 0.6 is 23.2 Å². The van der Waals surface area contributed by atoms with Crippen molar-refractivity contribution in [3.63, 3.8) is 0 Å². The van der Waals surface area contributed by atoms with Crippen LogP contribution in [0.4, 0.5) is 0 Å². The molecule has 0 unspecified atom stereocenters. The zero-order valence-corrected chi connectivity index (χ0v) is 16.3. The molecule has 140 valence electrons. The quantitative estimate of drug-likeness (QED) is 0.693. The van der Waals surface area contributed by atoms with E-state index in [4.69, 9.17) is 37.4 Å². The van der Waals surface area contributed by atoms with Crippen LogP contribution in [-0.2, 0) is 17.9 Å². The number of methoxy groups -OCH3 is 1. The van der Waals surface area contributed by atoms with E-state index < -0.39 is 0 Å². The lowest BCUT2D eigenvalue weighted by Gasteiger charge is -2.15. The Balaban J connectivity index is 1.62. The van der Waals surface area contributed by atoms with Crippen molar-refractivity contribution in [2.45, 2.75) is 32.1 Å². The third-order valence-corrected chi connectivity index (χ3v) is 4.80. The highest BCUT2D eigenvalue weighted by molar-refractivity contribution is 6.32. The van der Waals surface area contributed by atoms with Crippen molar-refractivity contribution in [1.82, 2.24) is 5.32 Å². The maximum atomic E-state index is 6.43. The summed E-state index contributed by atoms with van der Waals surface area (Å²) in [6.45, 7) is 2.77. The lowest BCUT2D eigenvalue weighted by molar-refractivity contribution is 0.110. The Morgan fingerprint density at radius 2 is 2.08 bits per heavy atom. The van der Waals surface area contributed by atoms with E-state index in [0.29, 0.717) is 40.8 Å². The molecule has 1 saturated heterocycles. The third-order valence-electron chi connectivity index (χ3n) is 4.29. The van der Waals surface area contributed by atoms with Crippen LogP contribution in [0.1, 0.15) is 24.0 Å². The summed E-state index contributed by atoms with van der Waals surface area (Å²) in [6.07, 6.45) is 2.57. The molecular weight excluding hydrogens is 373 g/mol. The van der Waals surface area contributed by atoms with Gasteiger partial charge in [-0.05, 0) is 48.2 Å². The molecule has 0 bridgehead atoms. The van der Waals surface area contributed by atoms with Crippen LogP contribution in [0.5, 0.6) is 11.5 Å². The minimum Gasteiger partial charge on any atom is -0.493 e. The van der Waals surface area contributed by atoms with Crippen molar-refractivity contribution >= 4 is 23.2 Å². The van der Waals surface area contributed by atoms with Gasteiger partial charge in [0.2, 0.25) is 0 Å². The molecule has 26 heavy (non-hydrogen) atoms. The summed E-state index contributed by atoms with van der Waals surface area (Å²) in [4.78, 5) is 0. The van der Waals surface area contributed by atoms with Crippen LogP contribution < -0.4 is 14.8 Å². The maximum absolute atomic E-state index is 6.43. The second kappa shape index (κ2) is 9.47. The van der Waals surface area contributed by atoms with Crippen LogP contribution in [0.25, 0.3) is 0 Å². The van der Waals surface area contributed by atoms with Gasteiger partial charge >= 0.3 is 0 Å². The Hall–Kier alpha value is -1.46. The van der Waals surface area contributed by atoms with Crippen LogP contribution in [0.3, 0.4) is 0 Å². The normalized spacial score (nSPS) is 16.7. The molecule has 1 atom stereocenters. The van der Waals surface area contributed by atoms with Crippen molar-refractivity contribution in [3.05, 3.63) is 57.6 Å². The Kier molecular flexibility index (Phi) is 7.03. The van der Waals surface area contributed by atoms with E-state index in [0.717, 1.165) is 37.1 Å². The number of hydrogen-bond donors (Lipinski definition) is 1. The zero-order valence-electron chi connectivity index (χ0n) is 14.8. The molecule has 0 aromatic heterocycles. The minimum atomic E-state index is 0.313. The molecule has 1 fully saturated rings. The number of rotatable bonds is 8. The average molecular weight is 396 g/mol. The monoisotopic (exact) mass is 395 g/mol. The Bertz CT molecular complexity index is 733. The highest BCUT2D eigenvalue weighted by atomic mass is 35.5. The Morgan fingerprint density at radius 3 is 2.81 bits per heavy atom. The lowest BCUT2D eigenvalue weighted by Crippen LogP contribution is -2.25. The molecule has 1 N–H and O–H groups in total. The SMILES string of the molecule is COc1cc(CNC[C@H]2CCCO2)cc(Cl)c1OCc1cccc(Cl)c1. The molecule has 1 aliphatic rings. The van der Waals surface area contributed by atoms with Gasteiger partial charge < -0.3 is 19.5 Å². The molecule has 0 amide bonds. The Morgan fingerprint density at radius 1 is 1.19 bits per heavy atom. The molecule has 1 aliphatic heterocycles. The predicted molar refractivity (Wildman–Crippen MR) is 104 cm³/mol. The van der Waals surface area contributed by atoms with Gasteiger partial charge in [0.25, 0.3) is 0 Å². The van der Waals surface area contributed by atoms with Crippen LogP contribution in [-0.4, -0.2) is 26.4 Å². The van der Waals surface area contributed by atoms with Crippen molar-refractivity contribution in [3.8, 4) is 11.5 Å². The van der Waals surface area contributed by atoms with Gasteiger partial charge in [-0.25, -0.2) is 0 Å². The second-order valence-corrected chi connectivity index (χ2v) is 7.14. The molecule has 0 saturated carbocycles. The van der Waals surface area contributed by atoms with Crippen molar-refractivity contribution < 1.29 is 14.2 Å². The fourth-order valence-corrected chi connectivity index (χ4v) is 3.48. The average Bonchev–Trinajstić information content (AvgIpc) is 3.14. The summed E-state index contributed by atoms with van der Waals surface area (Å²) in [5.41, 5.74) is 2.01. The smallest absolute Gasteiger partial charge is 0.180 e. The van der Waals surface area contributed by atoms with Gasteiger partial charge in [-0.3, -0.25) is 0 Å². The summed E-state index contributed by atoms with van der Waals surface area (Å²) in [5.74, 6) is 1.16. The van der Waals surface area contributed by atoms with Gasteiger partial charge in [0.1, 0.15) is 6.61 Å². The fourth-order valence-electron chi connectivity index (χ4n) is 2.98. The summed E-state index contributed by atoms with van der Waals surface area (Å²) in [5, 5.41) is 4.62. The van der Waals surface area contributed by atoms with Gasteiger partial charge in [0.15, 0.2) is 11.5 Å². The van der Waals surface area contributed by atoms with E-state index in [1.165, 1.54) is 0 Å². The van der Waals surface area contributed by atoms with E-state index >= 15 is 0 Å². The number of ether oxygens (including phenoxy) is 3. The minimum absolute atomic E-state index is 0.313. The topological polar surface area (TPSA) is 39.7 Å². The van der Waals surface area contributed by atoms with Crippen molar-refractivity contribution in [2.24, 2.45) is 0 Å². The molecular formula is C20H23Cl2NO3. The standard InChI is InChI=1S/C20H23Cl2NO3/c1-24-19-10-15(11-23-12-17-6-3-7-25-17)9-18(22)20(19)26-13-14-4-2-5-16(21)8-14/h2,4-5,8-10,17,23H,3,6-7,11-13H2,1H3/t17-/m1/s1. The Labute approximate surface area is 164 Å². The van der Waals surface area contributed by atoms with E-state index in [9.17, 15) is 0 Å². The first-order chi connectivity index (χ1) is 12.7. The third kappa shape index (κ3) is 5.27. The van der Waals surface area contributed by atoms with Gasteiger partial charge in [-0.1, -0.05) is 35.3 Å². The number of hydrogen-bond acceptors (Lipinski definition) is 4. The number of benzene rings is 2. The second-order valence-electron chi connectivity index (χ2n) is 6.29. The van der Waals surface area contributed by atoms with Crippen molar-refractivity contribution in [1.29, 1.82) is 0 Å². The van der Waals surface area contributed by atoms with Gasteiger partial charge in [-0.15, -0.1) is 0 Å². The van der Waals surface area contributed by atoms with E-state index in [1.54, 1.807) is 7.11 Å². The van der Waals surface area contributed by atoms with Crippen molar-refractivity contribution in [2.75, 3.05) is 20.3 Å². The zero-order chi connectivity index (χ0) is 18.4. The van der Waals surface area contributed by atoms with E-state index in [2.05, 4.69) is 5.32 Å². The first-order valence-corrected chi connectivity index (χ1v) is 9.47. The number of nitrogens with one attached hydrogen (secondary N) is 1. The summed E-state index contributed by atoms with van der Waals surface area (Å²) < 4.78 is 17.0. The van der Waals surface area contributed by atoms with Crippen LogP contribution in [0, 0.1) is 0 Å².